The molecule has 0 heterocycles. The van der Waals surface area contributed by atoms with E-state index >= 15 is 0 Å². The molecule has 0 spiro atoms. The minimum Gasteiger partial charge on any atom is -0.335 e. The fourth-order valence-corrected chi connectivity index (χ4v) is 3.79. The number of nitrogens with one attached hydrogen (secondary N) is 1. The van der Waals surface area contributed by atoms with Crippen molar-refractivity contribution in [3.05, 3.63) is 155 Å². The summed E-state index contributed by atoms with van der Waals surface area (Å²) in [5.74, 6) is -1.20. The van der Waals surface area contributed by atoms with Gasteiger partial charge in [0.1, 0.15) is 0 Å². The summed E-state index contributed by atoms with van der Waals surface area (Å²) in [5.41, 5.74) is 6.00. The fourth-order valence-electron chi connectivity index (χ4n) is 3.79. The third kappa shape index (κ3) is 5.77. The van der Waals surface area contributed by atoms with Crippen molar-refractivity contribution in [3.8, 4) is 0 Å². The summed E-state index contributed by atoms with van der Waals surface area (Å²) in [7, 11) is 0. The van der Waals surface area contributed by atoms with Crippen LogP contribution in [-0.2, 0) is 11.3 Å². The van der Waals surface area contributed by atoms with Gasteiger partial charge in [-0.25, -0.2) is 4.79 Å². The van der Waals surface area contributed by atoms with E-state index in [9.17, 15) is 19.2 Å². The molecule has 1 N–H and O–H groups in total. The minimum absolute atomic E-state index is 0.0641. The third-order valence-electron chi connectivity index (χ3n) is 5.67. The standard InChI is InChI=1S/C17H15NO3.C14H8O2/c1-2-6-13-9-11-15(12-10-13)17(20)21-18-16(19)14-7-4-3-5-8-14;15-13-9-5-1-2-6-10(9)14(16)12-8-4-3-7-11(12)13/h2-5,7-12H,1,6H2,(H,18,19);1-8H. The molecule has 6 heteroatoms. The first-order chi connectivity index (χ1) is 18.0. The normalized spacial score (nSPS) is 11.2. The molecule has 0 atom stereocenters. The van der Waals surface area contributed by atoms with Crippen LogP contribution in [0, 0.1) is 0 Å². The molecular weight excluding hydrogens is 466 g/mol. The predicted octanol–water partition coefficient (Wildman–Crippen LogP) is 5.38. The molecule has 5 rings (SSSR count). The molecule has 0 fully saturated rings. The van der Waals surface area contributed by atoms with Crippen LogP contribution in [0.1, 0.15) is 58.1 Å². The van der Waals surface area contributed by atoms with Crippen LogP contribution < -0.4 is 5.48 Å². The SMILES string of the molecule is C=CCc1ccc(C(=O)ONC(=O)c2ccccc2)cc1.O=C1c2ccccc2C(=O)c2ccccc21. The Morgan fingerprint density at radius 3 is 1.57 bits per heavy atom. The Morgan fingerprint density at radius 1 is 0.649 bits per heavy atom. The summed E-state index contributed by atoms with van der Waals surface area (Å²) >= 11 is 0. The van der Waals surface area contributed by atoms with Gasteiger partial charge in [-0.1, -0.05) is 84.9 Å². The Morgan fingerprint density at radius 2 is 1.11 bits per heavy atom. The highest BCUT2D eigenvalue weighted by Gasteiger charge is 2.28. The van der Waals surface area contributed by atoms with Crippen molar-refractivity contribution in [2.24, 2.45) is 0 Å². The number of amides is 1. The van der Waals surface area contributed by atoms with Crippen LogP contribution in [0.2, 0.25) is 0 Å². The molecule has 0 aromatic heterocycles. The van der Waals surface area contributed by atoms with Crippen LogP contribution in [0.25, 0.3) is 0 Å². The molecule has 182 valence electrons. The number of ketones is 2. The lowest BCUT2D eigenvalue weighted by atomic mass is 9.84. The molecule has 0 aliphatic heterocycles. The Balaban J connectivity index is 0.000000179. The minimum atomic E-state index is -0.607. The van der Waals surface area contributed by atoms with Gasteiger partial charge in [0.15, 0.2) is 11.6 Å². The second-order valence-electron chi connectivity index (χ2n) is 8.13. The van der Waals surface area contributed by atoms with E-state index in [1.807, 2.05) is 12.1 Å². The van der Waals surface area contributed by atoms with E-state index in [4.69, 9.17) is 4.84 Å². The maximum Gasteiger partial charge on any atom is 0.362 e. The first-order valence-electron chi connectivity index (χ1n) is 11.5. The number of carbonyl (C=O) groups is 4. The van der Waals surface area contributed by atoms with Crippen molar-refractivity contribution >= 4 is 23.4 Å². The average molecular weight is 490 g/mol. The summed E-state index contributed by atoms with van der Waals surface area (Å²) in [6.07, 6.45) is 2.52. The third-order valence-corrected chi connectivity index (χ3v) is 5.67. The van der Waals surface area contributed by atoms with Crippen LogP contribution in [0.4, 0.5) is 0 Å². The fraction of sp³-hybridized carbons (Fsp3) is 0.0323. The van der Waals surface area contributed by atoms with Gasteiger partial charge < -0.3 is 4.84 Å². The van der Waals surface area contributed by atoms with Gasteiger partial charge in [-0.15, -0.1) is 6.58 Å². The largest absolute Gasteiger partial charge is 0.362 e. The van der Waals surface area contributed by atoms with E-state index in [0.717, 1.165) is 12.0 Å². The Kier molecular flexibility index (Phi) is 7.81. The summed E-state index contributed by atoms with van der Waals surface area (Å²) in [5, 5.41) is 0. The first kappa shape index (κ1) is 25.0. The van der Waals surface area contributed by atoms with Crippen LogP contribution in [0.15, 0.2) is 116 Å². The highest BCUT2D eigenvalue weighted by molar-refractivity contribution is 6.28. The van der Waals surface area contributed by atoms with Gasteiger partial charge in [0, 0.05) is 27.8 Å². The van der Waals surface area contributed by atoms with Crippen LogP contribution in [0.3, 0.4) is 0 Å². The van der Waals surface area contributed by atoms with Crippen molar-refractivity contribution in [1.82, 2.24) is 5.48 Å². The molecule has 0 unspecified atom stereocenters. The summed E-state index contributed by atoms with van der Waals surface area (Å²) < 4.78 is 0. The number of hydrogen-bond acceptors (Lipinski definition) is 5. The van der Waals surface area contributed by atoms with Gasteiger partial charge in [0.05, 0.1) is 5.56 Å². The second kappa shape index (κ2) is 11.6. The van der Waals surface area contributed by atoms with Crippen molar-refractivity contribution in [1.29, 1.82) is 0 Å². The van der Waals surface area contributed by atoms with Gasteiger partial charge in [-0.2, -0.15) is 5.48 Å². The number of fused-ring (bicyclic) bond motifs is 2. The van der Waals surface area contributed by atoms with E-state index < -0.39 is 11.9 Å². The first-order valence-corrected chi connectivity index (χ1v) is 11.5. The number of allylic oxidation sites excluding steroid dienone is 1. The van der Waals surface area contributed by atoms with Gasteiger partial charge in [0.2, 0.25) is 0 Å². The zero-order valence-electron chi connectivity index (χ0n) is 19.8. The van der Waals surface area contributed by atoms with Gasteiger partial charge >= 0.3 is 5.97 Å². The van der Waals surface area contributed by atoms with Crippen LogP contribution in [0.5, 0.6) is 0 Å². The van der Waals surface area contributed by atoms with E-state index in [-0.39, 0.29) is 11.6 Å². The van der Waals surface area contributed by atoms with Crippen molar-refractivity contribution in [2.75, 3.05) is 0 Å². The summed E-state index contributed by atoms with van der Waals surface area (Å²) in [4.78, 5) is 52.5. The number of hydroxylamine groups is 1. The zero-order valence-corrected chi connectivity index (χ0v) is 19.8. The molecule has 1 aliphatic rings. The molecule has 4 aromatic rings. The zero-order chi connectivity index (χ0) is 26.2. The lowest BCUT2D eigenvalue weighted by Crippen LogP contribution is -2.27. The summed E-state index contributed by atoms with van der Waals surface area (Å²) in [6, 6.07) is 29.4. The maximum atomic E-state index is 12.1. The van der Waals surface area contributed by atoms with E-state index in [1.54, 1.807) is 97.1 Å². The molecule has 6 nitrogen and oxygen atoms in total. The highest BCUT2D eigenvalue weighted by Crippen LogP contribution is 2.26. The van der Waals surface area contributed by atoms with Crippen LogP contribution >= 0.6 is 0 Å². The molecule has 4 aromatic carbocycles. The van der Waals surface area contributed by atoms with Crippen molar-refractivity contribution in [2.45, 2.75) is 6.42 Å². The number of carbonyl (C=O) groups excluding carboxylic acids is 4. The quantitative estimate of drug-likeness (QED) is 0.270. The number of rotatable bonds is 4. The van der Waals surface area contributed by atoms with E-state index in [1.165, 1.54) is 0 Å². The topological polar surface area (TPSA) is 89.5 Å². The molecule has 0 radical (unpaired) electrons. The number of hydrogen-bond donors (Lipinski definition) is 1. The lowest BCUT2D eigenvalue weighted by Gasteiger charge is -2.16. The van der Waals surface area contributed by atoms with Crippen molar-refractivity contribution in [3.63, 3.8) is 0 Å². The molecule has 1 aliphatic carbocycles. The molecule has 37 heavy (non-hydrogen) atoms. The Bertz CT molecular complexity index is 1370. The Labute approximate surface area is 214 Å². The Hall–Kier alpha value is -5.10. The molecule has 0 saturated carbocycles. The molecule has 0 saturated heterocycles. The predicted molar refractivity (Wildman–Crippen MR) is 139 cm³/mol. The van der Waals surface area contributed by atoms with Crippen molar-refractivity contribution < 1.29 is 24.0 Å². The van der Waals surface area contributed by atoms with Gasteiger partial charge in [0.25, 0.3) is 5.91 Å². The van der Waals surface area contributed by atoms with E-state index in [0.29, 0.717) is 33.4 Å². The molecular formula is C31H23NO5. The van der Waals surface area contributed by atoms with Crippen LogP contribution in [-0.4, -0.2) is 23.4 Å². The molecule has 0 bridgehead atoms. The smallest absolute Gasteiger partial charge is 0.335 e. The average Bonchev–Trinajstić information content (AvgIpc) is 2.96. The highest BCUT2D eigenvalue weighted by atomic mass is 16.7. The second-order valence-corrected chi connectivity index (χ2v) is 8.13. The van der Waals surface area contributed by atoms with E-state index in [2.05, 4.69) is 12.1 Å². The summed E-state index contributed by atoms with van der Waals surface area (Å²) in [6.45, 7) is 3.65. The maximum absolute atomic E-state index is 12.1. The van der Waals surface area contributed by atoms with Gasteiger partial charge in [-0.3, -0.25) is 14.4 Å². The number of benzene rings is 4. The lowest BCUT2D eigenvalue weighted by molar-refractivity contribution is 0.0230. The monoisotopic (exact) mass is 489 g/mol. The van der Waals surface area contributed by atoms with Gasteiger partial charge in [-0.05, 0) is 36.2 Å². The molecule has 1 amide bonds.